The molecule has 0 spiro atoms. The summed E-state index contributed by atoms with van der Waals surface area (Å²) >= 11 is 0. The van der Waals surface area contributed by atoms with Crippen LogP contribution in [0.15, 0.2) is 30.5 Å². The number of esters is 1. The topological polar surface area (TPSA) is 71.2 Å². The van der Waals surface area contributed by atoms with Crippen molar-refractivity contribution in [2.24, 2.45) is 0 Å². The smallest absolute Gasteiger partial charge is 0.306 e. The van der Waals surface area contributed by atoms with E-state index >= 15 is 0 Å². The number of carbonyl (C=O) groups is 2. The van der Waals surface area contributed by atoms with E-state index < -0.39 is 0 Å². The molecule has 0 bridgehead atoms. The first-order chi connectivity index (χ1) is 11.6. The van der Waals surface area contributed by atoms with Gasteiger partial charge in [0.2, 0.25) is 0 Å². The minimum atomic E-state index is -0.325. The van der Waals surface area contributed by atoms with Crippen molar-refractivity contribution in [2.75, 3.05) is 6.61 Å². The summed E-state index contributed by atoms with van der Waals surface area (Å²) in [5.74, 6) is -0.553. The summed E-state index contributed by atoms with van der Waals surface area (Å²) < 4.78 is 5.04. The molecule has 0 unspecified atom stereocenters. The molecule has 1 aromatic carbocycles. The molecule has 130 valence electrons. The van der Waals surface area contributed by atoms with E-state index in [4.69, 9.17) is 4.74 Å². The monoisotopic (exact) mass is 330 g/mol. The van der Waals surface area contributed by atoms with Crippen LogP contribution in [-0.4, -0.2) is 29.5 Å². The Balaban J connectivity index is 1.69. The van der Waals surface area contributed by atoms with Crippen molar-refractivity contribution in [2.45, 2.75) is 52.0 Å². The Morgan fingerprint density at radius 3 is 2.71 bits per heavy atom. The lowest BCUT2D eigenvalue weighted by atomic mass is 10.1. The number of hydrogen-bond donors (Lipinski definition) is 2. The maximum atomic E-state index is 11.8. The van der Waals surface area contributed by atoms with E-state index in [-0.39, 0.29) is 24.5 Å². The van der Waals surface area contributed by atoms with E-state index in [1.165, 1.54) is 10.9 Å². The number of ether oxygens (including phenoxy) is 1. The third-order valence-electron chi connectivity index (χ3n) is 4.22. The van der Waals surface area contributed by atoms with Crippen LogP contribution in [0, 0.1) is 0 Å². The number of benzene rings is 1. The minimum absolute atomic E-state index is 0.151. The second-order valence-electron chi connectivity index (χ2n) is 5.95. The molecule has 0 aliphatic rings. The Hall–Kier alpha value is -2.30. The molecule has 1 heterocycles. The predicted octanol–water partition coefficient (Wildman–Crippen LogP) is 3.34. The molecule has 0 fully saturated rings. The Bertz CT molecular complexity index is 674. The van der Waals surface area contributed by atoms with Crippen molar-refractivity contribution >= 4 is 22.8 Å². The summed E-state index contributed by atoms with van der Waals surface area (Å²) in [4.78, 5) is 26.7. The van der Waals surface area contributed by atoms with Crippen molar-refractivity contribution in [1.82, 2.24) is 10.3 Å². The Labute approximate surface area is 142 Å². The highest BCUT2D eigenvalue weighted by molar-refractivity contribution is 5.83. The molecular formula is C19H26N2O3. The standard InChI is InChI=1S/C19H26N2O3/c1-3-15(4-2)21-18(22)13-24-19(23)11-7-8-14-12-20-17-10-6-5-9-16(14)17/h5-6,9-10,12,15,20H,3-4,7-8,11,13H2,1-2H3,(H,21,22). The number of carbonyl (C=O) groups excluding carboxylic acids is 2. The number of rotatable bonds is 9. The molecule has 2 aromatic rings. The molecule has 1 amide bonds. The summed E-state index contributed by atoms with van der Waals surface area (Å²) in [7, 11) is 0. The molecule has 2 rings (SSSR count). The van der Waals surface area contributed by atoms with E-state index in [0.717, 1.165) is 24.8 Å². The summed E-state index contributed by atoms with van der Waals surface area (Å²) in [5.41, 5.74) is 2.30. The van der Waals surface area contributed by atoms with Crippen LogP contribution in [-0.2, 0) is 20.7 Å². The van der Waals surface area contributed by atoms with Gasteiger partial charge in [-0.25, -0.2) is 0 Å². The van der Waals surface area contributed by atoms with E-state index in [9.17, 15) is 9.59 Å². The molecule has 0 atom stereocenters. The van der Waals surface area contributed by atoms with Gasteiger partial charge in [0.1, 0.15) is 0 Å². The van der Waals surface area contributed by atoms with Crippen LogP contribution in [0.5, 0.6) is 0 Å². The zero-order valence-electron chi connectivity index (χ0n) is 14.4. The first-order valence-corrected chi connectivity index (χ1v) is 8.64. The SMILES string of the molecule is CCC(CC)NC(=O)COC(=O)CCCc1c[nH]c2ccccc12. The highest BCUT2D eigenvalue weighted by Crippen LogP contribution is 2.19. The van der Waals surface area contributed by atoms with Crippen molar-refractivity contribution in [3.05, 3.63) is 36.0 Å². The number of nitrogens with one attached hydrogen (secondary N) is 2. The third kappa shape index (κ3) is 5.11. The zero-order valence-corrected chi connectivity index (χ0v) is 14.4. The fraction of sp³-hybridized carbons (Fsp3) is 0.474. The lowest BCUT2D eigenvalue weighted by Gasteiger charge is -2.14. The number of aryl methyl sites for hydroxylation is 1. The van der Waals surface area contributed by atoms with Crippen molar-refractivity contribution in [1.29, 1.82) is 0 Å². The lowest BCUT2D eigenvalue weighted by Crippen LogP contribution is -2.36. The van der Waals surface area contributed by atoms with Crippen molar-refractivity contribution in [3.63, 3.8) is 0 Å². The average Bonchev–Trinajstić information content (AvgIpc) is 3.01. The van der Waals surface area contributed by atoms with Crippen LogP contribution >= 0.6 is 0 Å². The molecule has 5 heteroatoms. The molecule has 0 aliphatic heterocycles. The first-order valence-electron chi connectivity index (χ1n) is 8.64. The van der Waals surface area contributed by atoms with Crippen molar-refractivity contribution < 1.29 is 14.3 Å². The summed E-state index contributed by atoms with van der Waals surface area (Å²) in [5, 5.41) is 4.04. The highest BCUT2D eigenvalue weighted by Gasteiger charge is 2.11. The van der Waals surface area contributed by atoms with Gasteiger partial charge < -0.3 is 15.0 Å². The number of para-hydroxylation sites is 1. The number of hydrogen-bond acceptors (Lipinski definition) is 3. The molecular weight excluding hydrogens is 304 g/mol. The maximum Gasteiger partial charge on any atom is 0.306 e. The predicted molar refractivity (Wildman–Crippen MR) is 94.7 cm³/mol. The second kappa shape index (κ2) is 9.11. The summed E-state index contributed by atoms with van der Waals surface area (Å²) in [6, 6.07) is 8.25. The Morgan fingerprint density at radius 2 is 1.96 bits per heavy atom. The molecule has 0 saturated carbocycles. The highest BCUT2D eigenvalue weighted by atomic mass is 16.5. The van der Waals surface area contributed by atoms with Gasteiger partial charge in [-0.2, -0.15) is 0 Å². The Morgan fingerprint density at radius 1 is 1.21 bits per heavy atom. The summed E-state index contributed by atoms with van der Waals surface area (Å²) in [6.45, 7) is 3.85. The number of amides is 1. The first kappa shape index (κ1) is 18.0. The largest absolute Gasteiger partial charge is 0.456 e. The minimum Gasteiger partial charge on any atom is -0.456 e. The van der Waals surface area contributed by atoms with Crippen LogP contribution in [0.25, 0.3) is 10.9 Å². The maximum absolute atomic E-state index is 11.8. The molecule has 5 nitrogen and oxygen atoms in total. The number of aromatic amines is 1. The molecule has 0 saturated heterocycles. The number of aromatic nitrogens is 1. The molecule has 1 aromatic heterocycles. The fourth-order valence-electron chi connectivity index (χ4n) is 2.74. The van der Waals surface area contributed by atoms with Gasteiger partial charge >= 0.3 is 5.97 Å². The van der Waals surface area contributed by atoms with Gasteiger partial charge in [-0.1, -0.05) is 32.0 Å². The van der Waals surface area contributed by atoms with Gasteiger partial charge in [-0.15, -0.1) is 0 Å². The van der Waals surface area contributed by atoms with E-state index in [2.05, 4.69) is 16.4 Å². The summed E-state index contributed by atoms with van der Waals surface area (Å²) in [6.07, 6.45) is 5.56. The van der Waals surface area contributed by atoms with Gasteiger partial charge in [0, 0.05) is 29.6 Å². The van der Waals surface area contributed by atoms with Gasteiger partial charge in [0.05, 0.1) is 0 Å². The Kier molecular flexibility index (Phi) is 6.85. The van der Waals surface area contributed by atoms with E-state index in [0.29, 0.717) is 12.8 Å². The van der Waals surface area contributed by atoms with Gasteiger partial charge in [0.15, 0.2) is 6.61 Å². The third-order valence-corrected chi connectivity index (χ3v) is 4.22. The average molecular weight is 330 g/mol. The fourth-order valence-corrected chi connectivity index (χ4v) is 2.74. The zero-order chi connectivity index (χ0) is 17.4. The van der Waals surface area contributed by atoms with Gasteiger partial charge in [-0.3, -0.25) is 9.59 Å². The van der Waals surface area contributed by atoms with Gasteiger partial charge in [-0.05, 0) is 37.3 Å². The molecule has 0 aliphatic carbocycles. The molecule has 24 heavy (non-hydrogen) atoms. The van der Waals surface area contributed by atoms with Crippen LogP contribution < -0.4 is 5.32 Å². The number of fused-ring (bicyclic) bond motifs is 1. The van der Waals surface area contributed by atoms with Crippen LogP contribution in [0.2, 0.25) is 0 Å². The molecule has 2 N–H and O–H groups in total. The second-order valence-corrected chi connectivity index (χ2v) is 5.95. The number of H-pyrrole nitrogens is 1. The van der Waals surface area contributed by atoms with E-state index in [1.54, 1.807) is 0 Å². The van der Waals surface area contributed by atoms with Crippen molar-refractivity contribution in [3.8, 4) is 0 Å². The molecule has 0 radical (unpaired) electrons. The van der Waals surface area contributed by atoms with E-state index in [1.807, 2.05) is 38.2 Å². The van der Waals surface area contributed by atoms with Crippen LogP contribution in [0.1, 0.15) is 45.1 Å². The van der Waals surface area contributed by atoms with Crippen LogP contribution in [0.3, 0.4) is 0 Å². The van der Waals surface area contributed by atoms with Crippen LogP contribution in [0.4, 0.5) is 0 Å². The quantitative estimate of drug-likeness (QED) is 0.693. The van der Waals surface area contributed by atoms with Gasteiger partial charge in [0.25, 0.3) is 5.91 Å². The normalized spacial score (nSPS) is 11.0. The lowest BCUT2D eigenvalue weighted by molar-refractivity contribution is -0.148.